The van der Waals surface area contributed by atoms with Gasteiger partial charge in [0.05, 0.1) is 27.4 Å². The molecule has 1 saturated heterocycles. The maximum atomic E-state index is 12.2. The summed E-state index contributed by atoms with van der Waals surface area (Å²) in [6, 6.07) is 4.93. The summed E-state index contributed by atoms with van der Waals surface area (Å²) < 4.78 is 15.7. The molecule has 1 amide bonds. The lowest BCUT2D eigenvalue weighted by molar-refractivity contribution is 0.0376. The SMILES string of the molecule is COc1ccc(C(=O)NNC(=S)NCCCN2CCOCC2)cc1OC. The fourth-order valence-electron chi connectivity index (χ4n) is 2.54. The van der Waals surface area contributed by atoms with E-state index in [-0.39, 0.29) is 5.91 Å². The molecule has 2 rings (SSSR count). The van der Waals surface area contributed by atoms with E-state index in [0.29, 0.717) is 22.2 Å². The van der Waals surface area contributed by atoms with Gasteiger partial charge in [-0.1, -0.05) is 0 Å². The number of hydrogen-bond acceptors (Lipinski definition) is 6. The van der Waals surface area contributed by atoms with Crippen LogP contribution in [0.2, 0.25) is 0 Å². The van der Waals surface area contributed by atoms with Crippen molar-refractivity contribution in [3.63, 3.8) is 0 Å². The minimum absolute atomic E-state index is 0.316. The van der Waals surface area contributed by atoms with Crippen molar-refractivity contribution in [2.45, 2.75) is 6.42 Å². The lowest BCUT2D eigenvalue weighted by Crippen LogP contribution is -2.47. The van der Waals surface area contributed by atoms with Crippen LogP contribution in [0.15, 0.2) is 18.2 Å². The molecular weight excluding hydrogens is 356 g/mol. The maximum absolute atomic E-state index is 12.2. The predicted molar refractivity (Wildman–Crippen MR) is 103 cm³/mol. The number of amides is 1. The molecule has 8 nitrogen and oxygen atoms in total. The Kier molecular flexibility index (Phi) is 8.39. The third-order valence-corrected chi connectivity index (χ3v) is 4.22. The van der Waals surface area contributed by atoms with Gasteiger partial charge in [-0.3, -0.25) is 20.5 Å². The lowest BCUT2D eigenvalue weighted by atomic mass is 10.2. The van der Waals surface area contributed by atoms with Gasteiger partial charge in [-0.15, -0.1) is 0 Å². The van der Waals surface area contributed by atoms with E-state index in [4.69, 9.17) is 26.4 Å². The number of hydrazine groups is 1. The molecule has 1 aromatic carbocycles. The van der Waals surface area contributed by atoms with Gasteiger partial charge in [-0.25, -0.2) is 0 Å². The fourth-order valence-corrected chi connectivity index (χ4v) is 2.69. The molecule has 0 spiro atoms. The Morgan fingerprint density at radius 2 is 1.92 bits per heavy atom. The molecule has 1 fully saturated rings. The van der Waals surface area contributed by atoms with Crippen LogP contribution in [0.4, 0.5) is 0 Å². The summed E-state index contributed by atoms with van der Waals surface area (Å²) in [6.07, 6.45) is 0.964. The molecule has 0 radical (unpaired) electrons. The van der Waals surface area contributed by atoms with E-state index in [9.17, 15) is 4.79 Å². The van der Waals surface area contributed by atoms with E-state index in [1.165, 1.54) is 7.11 Å². The average molecular weight is 382 g/mol. The van der Waals surface area contributed by atoms with Gasteiger partial charge in [0.15, 0.2) is 16.6 Å². The zero-order chi connectivity index (χ0) is 18.8. The first-order valence-corrected chi connectivity index (χ1v) is 8.91. The largest absolute Gasteiger partial charge is 0.493 e. The Hall–Kier alpha value is -2.10. The highest BCUT2D eigenvalue weighted by atomic mass is 32.1. The third-order valence-electron chi connectivity index (χ3n) is 3.98. The van der Waals surface area contributed by atoms with Crippen LogP contribution in [0.25, 0.3) is 0 Å². The van der Waals surface area contributed by atoms with Crippen molar-refractivity contribution in [1.29, 1.82) is 0 Å². The van der Waals surface area contributed by atoms with Crippen LogP contribution >= 0.6 is 12.2 Å². The molecule has 1 heterocycles. The maximum Gasteiger partial charge on any atom is 0.269 e. The fraction of sp³-hybridized carbons (Fsp3) is 0.529. The molecule has 0 aromatic heterocycles. The van der Waals surface area contributed by atoms with Crippen molar-refractivity contribution in [2.75, 3.05) is 53.6 Å². The highest BCUT2D eigenvalue weighted by molar-refractivity contribution is 7.80. The van der Waals surface area contributed by atoms with E-state index in [1.54, 1.807) is 25.3 Å². The minimum atomic E-state index is -0.316. The number of carbonyl (C=O) groups excluding carboxylic acids is 1. The summed E-state index contributed by atoms with van der Waals surface area (Å²) in [6.45, 7) is 5.28. The molecule has 0 unspecified atom stereocenters. The number of nitrogens with one attached hydrogen (secondary N) is 3. The Labute approximate surface area is 159 Å². The minimum Gasteiger partial charge on any atom is -0.493 e. The number of morpholine rings is 1. The first-order valence-electron chi connectivity index (χ1n) is 8.50. The second kappa shape index (κ2) is 10.8. The van der Waals surface area contributed by atoms with Crippen LogP contribution < -0.4 is 25.6 Å². The van der Waals surface area contributed by atoms with Gasteiger partial charge < -0.3 is 19.5 Å². The molecule has 0 atom stereocenters. The van der Waals surface area contributed by atoms with Gasteiger partial charge in [0.25, 0.3) is 5.91 Å². The normalized spacial score (nSPS) is 14.4. The highest BCUT2D eigenvalue weighted by Crippen LogP contribution is 2.27. The third kappa shape index (κ3) is 6.32. The predicted octanol–water partition coefficient (Wildman–Crippen LogP) is 0.535. The Morgan fingerprint density at radius 1 is 1.19 bits per heavy atom. The highest BCUT2D eigenvalue weighted by Gasteiger charge is 2.11. The number of rotatable bonds is 7. The Morgan fingerprint density at radius 3 is 2.62 bits per heavy atom. The molecule has 1 aromatic rings. The second-order valence-electron chi connectivity index (χ2n) is 5.71. The Balaban J connectivity index is 1.67. The first-order chi connectivity index (χ1) is 12.6. The number of carbonyl (C=O) groups is 1. The van der Waals surface area contributed by atoms with Crippen molar-refractivity contribution < 1.29 is 19.0 Å². The van der Waals surface area contributed by atoms with Crippen molar-refractivity contribution in [3.05, 3.63) is 23.8 Å². The van der Waals surface area contributed by atoms with Crippen LogP contribution in [0.1, 0.15) is 16.8 Å². The number of benzene rings is 1. The molecule has 144 valence electrons. The van der Waals surface area contributed by atoms with Crippen molar-refractivity contribution in [3.8, 4) is 11.5 Å². The average Bonchev–Trinajstić information content (AvgIpc) is 2.69. The van der Waals surface area contributed by atoms with Crippen LogP contribution in [0, 0.1) is 0 Å². The molecule has 3 N–H and O–H groups in total. The zero-order valence-electron chi connectivity index (χ0n) is 15.2. The summed E-state index contributed by atoms with van der Waals surface area (Å²) in [4.78, 5) is 14.5. The van der Waals surface area contributed by atoms with E-state index in [0.717, 1.165) is 45.8 Å². The van der Waals surface area contributed by atoms with Gasteiger partial charge in [-0.05, 0) is 43.4 Å². The summed E-state index contributed by atoms with van der Waals surface area (Å²) in [5.41, 5.74) is 5.70. The lowest BCUT2D eigenvalue weighted by Gasteiger charge is -2.26. The van der Waals surface area contributed by atoms with Crippen LogP contribution in [0.3, 0.4) is 0 Å². The molecule has 0 aliphatic carbocycles. The summed E-state index contributed by atoms with van der Waals surface area (Å²) in [7, 11) is 3.07. The molecule has 9 heteroatoms. The monoisotopic (exact) mass is 382 g/mol. The first kappa shape index (κ1) is 20.2. The number of thiocarbonyl (C=S) groups is 1. The van der Waals surface area contributed by atoms with Gasteiger partial charge >= 0.3 is 0 Å². The van der Waals surface area contributed by atoms with Gasteiger partial charge in [0.1, 0.15) is 0 Å². The summed E-state index contributed by atoms with van der Waals surface area (Å²) in [5, 5.41) is 3.45. The molecule has 26 heavy (non-hydrogen) atoms. The van der Waals surface area contributed by atoms with E-state index in [1.807, 2.05) is 0 Å². The molecule has 0 saturated carbocycles. The number of nitrogens with zero attached hydrogens (tertiary/aromatic N) is 1. The summed E-state index contributed by atoms with van der Waals surface area (Å²) in [5.74, 6) is 0.738. The Bertz CT molecular complexity index is 608. The summed E-state index contributed by atoms with van der Waals surface area (Å²) >= 11 is 5.17. The van der Waals surface area contributed by atoms with Crippen LogP contribution in [0.5, 0.6) is 11.5 Å². The quantitative estimate of drug-likeness (QED) is 0.358. The number of hydrogen-bond donors (Lipinski definition) is 3. The van der Waals surface area contributed by atoms with Gasteiger partial charge in [-0.2, -0.15) is 0 Å². The van der Waals surface area contributed by atoms with Crippen LogP contribution in [-0.4, -0.2) is 69.5 Å². The molecule has 0 bridgehead atoms. The standard InChI is InChI=1S/C17H26N4O4S/c1-23-14-5-4-13(12-15(14)24-2)16(22)19-20-17(26)18-6-3-7-21-8-10-25-11-9-21/h4-5,12H,3,6-11H2,1-2H3,(H,19,22)(H2,18,20,26). The number of methoxy groups -OCH3 is 2. The van der Waals surface area contributed by atoms with Gasteiger partial charge in [0, 0.05) is 25.2 Å². The van der Waals surface area contributed by atoms with Crippen molar-refractivity contribution >= 4 is 23.2 Å². The van der Waals surface area contributed by atoms with E-state index in [2.05, 4.69) is 21.1 Å². The second-order valence-corrected chi connectivity index (χ2v) is 6.12. The molecule has 1 aliphatic rings. The zero-order valence-corrected chi connectivity index (χ0v) is 16.0. The van der Waals surface area contributed by atoms with Gasteiger partial charge in [0.2, 0.25) is 0 Å². The van der Waals surface area contributed by atoms with E-state index < -0.39 is 0 Å². The number of ether oxygens (including phenoxy) is 3. The van der Waals surface area contributed by atoms with E-state index >= 15 is 0 Å². The van der Waals surface area contributed by atoms with Crippen molar-refractivity contribution in [1.82, 2.24) is 21.1 Å². The van der Waals surface area contributed by atoms with Crippen molar-refractivity contribution in [2.24, 2.45) is 0 Å². The molecule has 1 aliphatic heterocycles. The smallest absolute Gasteiger partial charge is 0.269 e. The van der Waals surface area contributed by atoms with Crippen LogP contribution in [-0.2, 0) is 4.74 Å². The topological polar surface area (TPSA) is 84.1 Å². The molecular formula is C17H26N4O4S.